The summed E-state index contributed by atoms with van der Waals surface area (Å²) >= 11 is 1.15. The summed E-state index contributed by atoms with van der Waals surface area (Å²) in [6.45, 7) is 5.46. The number of benzene rings is 1. The first kappa shape index (κ1) is 17.1. The zero-order valence-electron chi connectivity index (χ0n) is 13.1. The molecule has 0 radical (unpaired) electrons. The number of ether oxygens (including phenoxy) is 1. The Morgan fingerprint density at radius 1 is 1.35 bits per heavy atom. The summed E-state index contributed by atoms with van der Waals surface area (Å²) in [7, 11) is 0. The van der Waals surface area contributed by atoms with E-state index in [1.54, 1.807) is 26.0 Å². The van der Waals surface area contributed by atoms with E-state index in [-0.39, 0.29) is 11.7 Å². The number of rotatable bonds is 5. The molecule has 7 heteroatoms. The van der Waals surface area contributed by atoms with E-state index in [0.29, 0.717) is 22.1 Å². The molecule has 0 spiro atoms. The maximum atomic E-state index is 13.0. The molecule has 0 bridgehead atoms. The highest BCUT2D eigenvalue weighted by molar-refractivity contribution is 7.17. The van der Waals surface area contributed by atoms with Gasteiger partial charge in [-0.15, -0.1) is 11.3 Å². The molecule has 1 aromatic heterocycles. The number of nitrogens with zero attached hydrogens (tertiary/aromatic N) is 1. The van der Waals surface area contributed by atoms with Crippen molar-refractivity contribution in [2.24, 2.45) is 0 Å². The van der Waals surface area contributed by atoms with E-state index >= 15 is 0 Å². The smallest absolute Gasteiger partial charge is 0.351 e. The van der Waals surface area contributed by atoms with Gasteiger partial charge in [0, 0.05) is 12.1 Å². The van der Waals surface area contributed by atoms with Crippen molar-refractivity contribution in [3.63, 3.8) is 0 Å². The Labute approximate surface area is 137 Å². The minimum atomic E-state index is -0.877. The average molecular weight is 336 g/mol. The second-order valence-electron chi connectivity index (χ2n) is 4.88. The molecule has 2 aromatic rings. The second-order valence-corrected chi connectivity index (χ2v) is 5.88. The van der Waals surface area contributed by atoms with E-state index in [0.717, 1.165) is 16.9 Å². The van der Waals surface area contributed by atoms with Crippen molar-refractivity contribution in [3.8, 4) is 10.6 Å². The van der Waals surface area contributed by atoms with E-state index in [9.17, 15) is 14.0 Å². The van der Waals surface area contributed by atoms with Gasteiger partial charge in [0.05, 0.1) is 5.69 Å². The molecule has 1 amide bonds. The first-order valence-electron chi connectivity index (χ1n) is 7.14. The third-order valence-electron chi connectivity index (χ3n) is 3.08. The Bertz CT molecular complexity index is 713. The van der Waals surface area contributed by atoms with Crippen LogP contribution < -0.4 is 5.32 Å². The van der Waals surface area contributed by atoms with Crippen LogP contribution in [0.25, 0.3) is 10.6 Å². The molecule has 0 aliphatic rings. The van der Waals surface area contributed by atoms with Crippen LogP contribution >= 0.6 is 11.3 Å². The highest BCUT2D eigenvalue weighted by Crippen LogP contribution is 2.28. The summed E-state index contributed by atoms with van der Waals surface area (Å²) in [5, 5.41) is 3.19. The number of carbonyl (C=O) groups is 2. The highest BCUT2D eigenvalue weighted by Gasteiger charge is 2.22. The SMILES string of the molecule is CCNC(=O)[C@H](C)OC(=O)c1sc(-c2ccc(F)cc2)nc1C. The average Bonchev–Trinajstić information content (AvgIpc) is 2.90. The molecule has 1 atom stereocenters. The minimum Gasteiger partial charge on any atom is -0.448 e. The van der Waals surface area contributed by atoms with Gasteiger partial charge >= 0.3 is 5.97 Å². The van der Waals surface area contributed by atoms with E-state index in [1.165, 1.54) is 19.1 Å². The molecule has 0 unspecified atom stereocenters. The summed E-state index contributed by atoms with van der Waals surface area (Å²) in [4.78, 5) is 28.5. The van der Waals surface area contributed by atoms with Gasteiger partial charge in [0.1, 0.15) is 15.7 Å². The summed E-state index contributed by atoms with van der Waals surface area (Å²) < 4.78 is 18.1. The van der Waals surface area contributed by atoms with Crippen molar-refractivity contribution in [1.82, 2.24) is 10.3 Å². The molecule has 23 heavy (non-hydrogen) atoms. The van der Waals surface area contributed by atoms with Crippen molar-refractivity contribution in [3.05, 3.63) is 40.7 Å². The van der Waals surface area contributed by atoms with Crippen LogP contribution in [0, 0.1) is 12.7 Å². The fraction of sp³-hybridized carbons (Fsp3) is 0.312. The Morgan fingerprint density at radius 3 is 2.61 bits per heavy atom. The maximum Gasteiger partial charge on any atom is 0.351 e. The fourth-order valence-electron chi connectivity index (χ4n) is 1.89. The molecule has 0 aliphatic carbocycles. The van der Waals surface area contributed by atoms with Crippen molar-refractivity contribution in [2.75, 3.05) is 6.54 Å². The van der Waals surface area contributed by atoms with Gasteiger partial charge in [-0.25, -0.2) is 14.2 Å². The van der Waals surface area contributed by atoms with Gasteiger partial charge in [-0.3, -0.25) is 4.79 Å². The van der Waals surface area contributed by atoms with E-state index in [2.05, 4.69) is 10.3 Å². The standard InChI is InChI=1S/C16H17FN2O3S/c1-4-18-14(20)10(3)22-16(21)13-9(2)19-15(23-13)11-5-7-12(17)8-6-11/h5-8,10H,4H2,1-3H3,(H,18,20)/t10-/m0/s1. The van der Waals surface area contributed by atoms with Crippen LogP contribution in [0.15, 0.2) is 24.3 Å². The summed E-state index contributed by atoms with van der Waals surface area (Å²) in [6, 6.07) is 5.86. The zero-order chi connectivity index (χ0) is 17.0. The van der Waals surface area contributed by atoms with Crippen molar-refractivity contribution in [2.45, 2.75) is 26.9 Å². The lowest BCUT2D eigenvalue weighted by atomic mass is 10.2. The lowest BCUT2D eigenvalue weighted by molar-refractivity contribution is -0.128. The lowest BCUT2D eigenvalue weighted by Gasteiger charge is -2.11. The number of hydrogen-bond acceptors (Lipinski definition) is 5. The molecule has 122 valence electrons. The molecular formula is C16H17FN2O3S. The first-order chi connectivity index (χ1) is 10.9. The van der Waals surface area contributed by atoms with Gasteiger partial charge in [0.2, 0.25) is 0 Å². The number of likely N-dealkylation sites (N-methyl/N-ethyl adjacent to an activating group) is 1. The molecule has 0 saturated heterocycles. The number of thiazole rings is 1. The first-order valence-corrected chi connectivity index (χ1v) is 7.96. The molecule has 0 aliphatic heterocycles. The monoisotopic (exact) mass is 336 g/mol. The van der Waals surface area contributed by atoms with E-state index < -0.39 is 12.1 Å². The van der Waals surface area contributed by atoms with Crippen molar-refractivity contribution < 1.29 is 18.7 Å². The predicted octanol–water partition coefficient (Wildman–Crippen LogP) is 2.94. The number of aryl methyl sites for hydroxylation is 1. The van der Waals surface area contributed by atoms with Gasteiger partial charge in [-0.05, 0) is 45.0 Å². The largest absolute Gasteiger partial charge is 0.448 e. The number of esters is 1. The van der Waals surface area contributed by atoms with Crippen LogP contribution in [-0.4, -0.2) is 29.5 Å². The second kappa shape index (κ2) is 7.32. The molecule has 1 aromatic carbocycles. The molecule has 5 nitrogen and oxygen atoms in total. The van der Waals surface area contributed by atoms with Gasteiger partial charge in [-0.2, -0.15) is 0 Å². The van der Waals surface area contributed by atoms with Gasteiger partial charge in [-0.1, -0.05) is 0 Å². The lowest BCUT2D eigenvalue weighted by Crippen LogP contribution is -2.35. The predicted molar refractivity (Wildman–Crippen MR) is 85.8 cm³/mol. The number of amides is 1. The number of carbonyl (C=O) groups excluding carboxylic acids is 2. The van der Waals surface area contributed by atoms with Gasteiger partial charge in [0.15, 0.2) is 6.10 Å². The third kappa shape index (κ3) is 4.13. The van der Waals surface area contributed by atoms with Gasteiger partial charge in [0.25, 0.3) is 5.91 Å². The summed E-state index contributed by atoms with van der Waals surface area (Å²) in [6.07, 6.45) is -0.877. The third-order valence-corrected chi connectivity index (χ3v) is 4.26. The Kier molecular flexibility index (Phi) is 5.44. The van der Waals surface area contributed by atoms with Crippen LogP contribution in [0.5, 0.6) is 0 Å². The molecule has 0 fully saturated rings. The zero-order valence-corrected chi connectivity index (χ0v) is 13.9. The maximum absolute atomic E-state index is 13.0. The van der Waals surface area contributed by atoms with Crippen molar-refractivity contribution >= 4 is 23.2 Å². The molecule has 1 heterocycles. The topological polar surface area (TPSA) is 68.3 Å². The van der Waals surface area contributed by atoms with Crippen LogP contribution in [0.4, 0.5) is 4.39 Å². The van der Waals surface area contributed by atoms with Crippen LogP contribution in [0.2, 0.25) is 0 Å². The van der Waals surface area contributed by atoms with E-state index in [4.69, 9.17) is 4.74 Å². The Hall–Kier alpha value is -2.28. The number of nitrogens with one attached hydrogen (secondary N) is 1. The summed E-state index contributed by atoms with van der Waals surface area (Å²) in [5.41, 5.74) is 1.23. The van der Waals surface area contributed by atoms with Crippen LogP contribution in [-0.2, 0) is 9.53 Å². The number of hydrogen-bond donors (Lipinski definition) is 1. The molecular weight excluding hydrogens is 319 g/mol. The van der Waals surface area contributed by atoms with Crippen LogP contribution in [0.3, 0.4) is 0 Å². The highest BCUT2D eigenvalue weighted by atomic mass is 32.1. The van der Waals surface area contributed by atoms with Gasteiger partial charge < -0.3 is 10.1 Å². The Balaban J connectivity index is 2.16. The number of aromatic nitrogens is 1. The normalized spacial score (nSPS) is 11.8. The minimum absolute atomic E-state index is 0.334. The molecule has 1 N–H and O–H groups in total. The van der Waals surface area contributed by atoms with Crippen molar-refractivity contribution in [1.29, 1.82) is 0 Å². The fourth-order valence-corrected chi connectivity index (χ4v) is 2.84. The molecule has 0 saturated carbocycles. The van der Waals surface area contributed by atoms with E-state index in [1.807, 2.05) is 0 Å². The number of halogens is 1. The quantitative estimate of drug-likeness (QED) is 0.853. The van der Waals surface area contributed by atoms with Crippen LogP contribution in [0.1, 0.15) is 29.2 Å². The summed E-state index contributed by atoms with van der Waals surface area (Å²) in [5.74, 6) is -1.27. The molecule has 2 rings (SSSR count). The Morgan fingerprint density at radius 2 is 2.00 bits per heavy atom.